The summed E-state index contributed by atoms with van der Waals surface area (Å²) in [6.07, 6.45) is 0.294. The first kappa shape index (κ1) is 13.9. The normalized spacial score (nSPS) is 10.4. The highest BCUT2D eigenvalue weighted by Gasteiger charge is 2.12. The van der Waals surface area contributed by atoms with E-state index in [0.717, 1.165) is 13.1 Å². The number of hydrogen-bond acceptors (Lipinski definition) is 3. The molecule has 15 heavy (non-hydrogen) atoms. The standard InChI is InChI=1S/C10H21N3O2/c1-4-13(5-2)10(15)8-12(3)7-6-9(11)14/h4-8H2,1-3H3,(H2,11,14). The number of nitrogens with zero attached hydrogens (tertiary/aromatic N) is 2. The van der Waals surface area contributed by atoms with Crippen LogP contribution in [0, 0.1) is 0 Å². The Bertz CT molecular complexity index is 215. The van der Waals surface area contributed by atoms with E-state index >= 15 is 0 Å². The van der Waals surface area contributed by atoms with Crippen LogP contribution < -0.4 is 5.73 Å². The Balaban J connectivity index is 3.89. The lowest BCUT2D eigenvalue weighted by atomic mass is 10.3. The molecule has 5 heteroatoms. The molecule has 0 saturated heterocycles. The van der Waals surface area contributed by atoms with Crippen molar-refractivity contribution in [2.75, 3.05) is 33.2 Å². The van der Waals surface area contributed by atoms with Crippen LogP contribution in [-0.4, -0.2) is 54.8 Å². The van der Waals surface area contributed by atoms with Crippen molar-refractivity contribution < 1.29 is 9.59 Å². The van der Waals surface area contributed by atoms with Crippen molar-refractivity contribution in [2.45, 2.75) is 20.3 Å². The lowest BCUT2D eigenvalue weighted by Crippen LogP contribution is -2.39. The van der Waals surface area contributed by atoms with Crippen LogP contribution in [0.25, 0.3) is 0 Å². The van der Waals surface area contributed by atoms with Gasteiger partial charge in [0.25, 0.3) is 0 Å². The van der Waals surface area contributed by atoms with Crippen LogP contribution in [-0.2, 0) is 9.59 Å². The number of hydrogen-bond donors (Lipinski definition) is 1. The van der Waals surface area contributed by atoms with Crippen LogP contribution in [0.2, 0.25) is 0 Å². The molecule has 0 aliphatic carbocycles. The smallest absolute Gasteiger partial charge is 0.236 e. The second kappa shape index (κ2) is 7.23. The summed E-state index contributed by atoms with van der Waals surface area (Å²) in [4.78, 5) is 25.7. The molecule has 0 aromatic rings. The summed E-state index contributed by atoms with van der Waals surface area (Å²) >= 11 is 0. The van der Waals surface area contributed by atoms with Gasteiger partial charge in [0.2, 0.25) is 11.8 Å². The molecule has 0 fully saturated rings. The van der Waals surface area contributed by atoms with Crippen molar-refractivity contribution in [1.29, 1.82) is 0 Å². The molecule has 0 aromatic carbocycles. The number of nitrogens with two attached hydrogens (primary N) is 1. The molecular formula is C10H21N3O2. The summed E-state index contributed by atoms with van der Waals surface area (Å²) < 4.78 is 0. The third-order valence-electron chi connectivity index (χ3n) is 2.26. The molecule has 0 atom stereocenters. The van der Waals surface area contributed by atoms with E-state index in [2.05, 4.69) is 0 Å². The van der Waals surface area contributed by atoms with Gasteiger partial charge in [-0.15, -0.1) is 0 Å². The average molecular weight is 215 g/mol. The fourth-order valence-electron chi connectivity index (χ4n) is 1.29. The second-order valence-corrected chi connectivity index (χ2v) is 3.52. The van der Waals surface area contributed by atoms with Crippen molar-refractivity contribution in [2.24, 2.45) is 5.73 Å². The van der Waals surface area contributed by atoms with Crippen LogP contribution in [0.1, 0.15) is 20.3 Å². The number of primary amides is 1. The lowest BCUT2D eigenvalue weighted by Gasteiger charge is -2.22. The molecular weight excluding hydrogens is 194 g/mol. The Morgan fingerprint density at radius 3 is 2.13 bits per heavy atom. The van der Waals surface area contributed by atoms with Crippen LogP contribution in [0.15, 0.2) is 0 Å². The van der Waals surface area contributed by atoms with Crippen LogP contribution >= 0.6 is 0 Å². The molecule has 0 bridgehead atoms. The minimum atomic E-state index is -0.336. The van der Waals surface area contributed by atoms with E-state index in [1.807, 2.05) is 25.8 Å². The van der Waals surface area contributed by atoms with E-state index in [4.69, 9.17) is 5.73 Å². The second-order valence-electron chi connectivity index (χ2n) is 3.52. The summed E-state index contributed by atoms with van der Waals surface area (Å²) in [5.41, 5.74) is 5.02. The Kier molecular flexibility index (Phi) is 6.70. The molecule has 2 amide bonds. The molecule has 0 rings (SSSR count). The van der Waals surface area contributed by atoms with Crippen molar-refractivity contribution >= 4 is 11.8 Å². The van der Waals surface area contributed by atoms with Gasteiger partial charge in [0.15, 0.2) is 0 Å². The van der Waals surface area contributed by atoms with Crippen molar-refractivity contribution in [3.05, 3.63) is 0 Å². The maximum Gasteiger partial charge on any atom is 0.236 e. The lowest BCUT2D eigenvalue weighted by molar-refractivity contribution is -0.132. The SMILES string of the molecule is CCN(CC)C(=O)CN(C)CCC(N)=O. The Labute approximate surface area is 91.2 Å². The largest absolute Gasteiger partial charge is 0.370 e. The van der Waals surface area contributed by atoms with Gasteiger partial charge >= 0.3 is 0 Å². The van der Waals surface area contributed by atoms with Gasteiger partial charge in [-0.05, 0) is 20.9 Å². The highest BCUT2D eigenvalue weighted by Crippen LogP contribution is 1.93. The van der Waals surface area contributed by atoms with E-state index in [1.54, 1.807) is 4.90 Å². The molecule has 0 aliphatic heterocycles. The Hall–Kier alpha value is -1.10. The first-order chi connectivity index (χ1) is 7.01. The molecule has 2 N–H and O–H groups in total. The van der Waals surface area contributed by atoms with E-state index < -0.39 is 0 Å². The maximum atomic E-state index is 11.6. The summed E-state index contributed by atoms with van der Waals surface area (Å²) in [5.74, 6) is -0.246. The number of carbonyl (C=O) groups is 2. The predicted octanol–water partition coefficient (Wildman–Crippen LogP) is -0.338. The molecule has 5 nitrogen and oxygen atoms in total. The van der Waals surface area contributed by atoms with Crippen molar-refractivity contribution in [3.8, 4) is 0 Å². The van der Waals surface area contributed by atoms with E-state index in [0.29, 0.717) is 19.5 Å². The molecule has 0 spiro atoms. The fourth-order valence-corrected chi connectivity index (χ4v) is 1.29. The summed E-state index contributed by atoms with van der Waals surface area (Å²) in [7, 11) is 1.81. The zero-order chi connectivity index (χ0) is 11.8. The van der Waals surface area contributed by atoms with Gasteiger partial charge in [0.1, 0.15) is 0 Å². The van der Waals surface area contributed by atoms with Gasteiger partial charge in [-0.25, -0.2) is 0 Å². The molecule has 0 aromatic heterocycles. The monoisotopic (exact) mass is 215 g/mol. The van der Waals surface area contributed by atoms with Crippen molar-refractivity contribution in [1.82, 2.24) is 9.80 Å². The molecule has 0 saturated carbocycles. The topological polar surface area (TPSA) is 66.6 Å². The predicted molar refractivity (Wildman–Crippen MR) is 59.2 cm³/mol. The van der Waals surface area contributed by atoms with Crippen molar-refractivity contribution in [3.63, 3.8) is 0 Å². The van der Waals surface area contributed by atoms with E-state index in [-0.39, 0.29) is 11.8 Å². The molecule has 0 radical (unpaired) electrons. The Morgan fingerprint density at radius 1 is 1.20 bits per heavy atom. The average Bonchev–Trinajstić information content (AvgIpc) is 2.16. The quantitative estimate of drug-likeness (QED) is 0.632. The highest BCUT2D eigenvalue weighted by atomic mass is 16.2. The van der Waals surface area contributed by atoms with Gasteiger partial charge < -0.3 is 10.6 Å². The fraction of sp³-hybridized carbons (Fsp3) is 0.800. The van der Waals surface area contributed by atoms with Gasteiger partial charge in [-0.1, -0.05) is 0 Å². The number of carbonyl (C=O) groups excluding carboxylic acids is 2. The van der Waals surface area contributed by atoms with Crippen LogP contribution in [0.3, 0.4) is 0 Å². The number of rotatable bonds is 7. The van der Waals surface area contributed by atoms with Gasteiger partial charge in [0, 0.05) is 26.1 Å². The number of amides is 2. The third-order valence-corrected chi connectivity index (χ3v) is 2.26. The molecule has 88 valence electrons. The third kappa shape index (κ3) is 6.06. The van der Waals surface area contributed by atoms with E-state index in [9.17, 15) is 9.59 Å². The zero-order valence-corrected chi connectivity index (χ0v) is 9.82. The van der Waals surface area contributed by atoms with Crippen LogP contribution in [0.4, 0.5) is 0 Å². The summed E-state index contributed by atoms with van der Waals surface area (Å²) in [5, 5.41) is 0. The molecule has 0 aliphatic rings. The number of likely N-dealkylation sites (N-methyl/N-ethyl adjacent to an activating group) is 2. The Morgan fingerprint density at radius 2 is 1.73 bits per heavy atom. The maximum absolute atomic E-state index is 11.6. The first-order valence-electron chi connectivity index (χ1n) is 5.25. The minimum Gasteiger partial charge on any atom is -0.370 e. The van der Waals surface area contributed by atoms with E-state index in [1.165, 1.54) is 0 Å². The minimum absolute atomic E-state index is 0.0898. The highest BCUT2D eigenvalue weighted by molar-refractivity contribution is 5.78. The first-order valence-corrected chi connectivity index (χ1v) is 5.25. The summed E-state index contributed by atoms with van der Waals surface area (Å²) in [6, 6.07) is 0. The zero-order valence-electron chi connectivity index (χ0n) is 9.82. The van der Waals surface area contributed by atoms with Gasteiger partial charge in [-0.3, -0.25) is 14.5 Å². The molecule has 0 unspecified atom stereocenters. The van der Waals surface area contributed by atoms with Crippen LogP contribution in [0.5, 0.6) is 0 Å². The molecule has 0 heterocycles. The summed E-state index contributed by atoms with van der Waals surface area (Å²) in [6.45, 7) is 6.21. The van der Waals surface area contributed by atoms with Gasteiger partial charge in [-0.2, -0.15) is 0 Å². The van der Waals surface area contributed by atoms with Gasteiger partial charge in [0.05, 0.1) is 6.54 Å².